The number of ketones is 1. The van der Waals surface area contributed by atoms with Crippen molar-refractivity contribution in [2.75, 3.05) is 0 Å². The molecule has 0 saturated carbocycles. The van der Waals surface area contributed by atoms with Crippen LogP contribution in [0.25, 0.3) is 22.6 Å². The summed E-state index contributed by atoms with van der Waals surface area (Å²) in [6, 6.07) is 9.52. The van der Waals surface area contributed by atoms with Crippen LogP contribution in [0.4, 0.5) is 0 Å². The zero-order valence-electron chi connectivity index (χ0n) is 12.2. The number of hydrogen-bond donors (Lipinski definition) is 0. The highest BCUT2D eigenvalue weighted by atomic mass is 16.5. The van der Waals surface area contributed by atoms with Crippen LogP contribution in [-0.2, 0) is 11.2 Å². The first-order valence-electron chi connectivity index (χ1n) is 6.78. The maximum absolute atomic E-state index is 12.0. The van der Waals surface area contributed by atoms with E-state index in [1.807, 2.05) is 51.1 Å². The van der Waals surface area contributed by atoms with Crippen molar-refractivity contribution in [1.82, 2.24) is 10.1 Å². The molecule has 0 N–H and O–H groups in total. The quantitative estimate of drug-likeness (QED) is 0.734. The molecule has 5 heteroatoms. The molecule has 2 aromatic heterocycles. The molecule has 3 aromatic rings. The Morgan fingerprint density at radius 3 is 2.71 bits per heavy atom. The summed E-state index contributed by atoms with van der Waals surface area (Å²) in [5.41, 5.74) is 0.346. The number of rotatable bonds is 3. The van der Waals surface area contributed by atoms with Gasteiger partial charge in [0, 0.05) is 10.8 Å². The minimum absolute atomic E-state index is 0.0577. The smallest absolute Gasteiger partial charge is 0.238 e. The average molecular weight is 284 g/mol. The van der Waals surface area contributed by atoms with Crippen LogP contribution in [-0.4, -0.2) is 15.9 Å². The summed E-state index contributed by atoms with van der Waals surface area (Å²) in [4.78, 5) is 16.2. The van der Waals surface area contributed by atoms with Crippen molar-refractivity contribution in [2.24, 2.45) is 5.41 Å². The summed E-state index contributed by atoms with van der Waals surface area (Å²) >= 11 is 0. The van der Waals surface area contributed by atoms with E-state index in [2.05, 4.69) is 10.1 Å². The lowest BCUT2D eigenvalue weighted by atomic mass is 9.89. The monoisotopic (exact) mass is 284 g/mol. The number of para-hydroxylation sites is 1. The lowest BCUT2D eigenvalue weighted by Gasteiger charge is -2.14. The highest BCUT2D eigenvalue weighted by molar-refractivity contribution is 5.85. The molecule has 2 heterocycles. The minimum atomic E-state index is -0.423. The Hall–Kier alpha value is -2.43. The number of nitrogens with zero attached hydrogens (tertiary/aromatic N) is 2. The van der Waals surface area contributed by atoms with Gasteiger partial charge in [-0.05, 0) is 12.1 Å². The van der Waals surface area contributed by atoms with Crippen LogP contribution in [0.2, 0.25) is 0 Å². The third-order valence-corrected chi connectivity index (χ3v) is 3.26. The van der Waals surface area contributed by atoms with Crippen LogP contribution < -0.4 is 0 Å². The number of hydrogen-bond acceptors (Lipinski definition) is 5. The van der Waals surface area contributed by atoms with Crippen LogP contribution in [0.1, 0.15) is 26.7 Å². The van der Waals surface area contributed by atoms with Gasteiger partial charge in [0.05, 0.1) is 6.42 Å². The topological polar surface area (TPSA) is 69.1 Å². The molecular formula is C16H16N2O3. The van der Waals surface area contributed by atoms with Gasteiger partial charge in [0.15, 0.2) is 5.76 Å². The molecule has 0 aliphatic heterocycles. The molecule has 0 fully saturated rings. The van der Waals surface area contributed by atoms with Crippen molar-refractivity contribution >= 4 is 16.8 Å². The van der Waals surface area contributed by atoms with Crippen LogP contribution in [0.15, 0.2) is 39.3 Å². The summed E-state index contributed by atoms with van der Waals surface area (Å²) < 4.78 is 10.8. The third-order valence-electron chi connectivity index (χ3n) is 3.26. The van der Waals surface area contributed by atoms with Crippen LogP contribution in [0, 0.1) is 5.41 Å². The van der Waals surface area contributed by atoms with Crippen molar-refractivity contribution in [2.45, 2.75) is 27.2 Å². The van der Waals surface area contributed by atoms with Gasteiger partial charge in [0.2, 0.25) is 11.7 Å². The second-order valence-corrected chi connectivity index (χ2v) is 6.01. The summed E-state index contributed by atoms with van der Waals surface area (Å²) in [6.07, 6.45) is 0.136. The molecule has 0 spiro atoms. The number of carbonyl (C=O) groups is 1. The van der Waals surface area contributed by atoms with Crippen LogP contribution in [0.5, 0.6) is 0 Å². The predicted octanol–water partition coefficient (Wildman–Crippen LogP) is 3.64. The first kappa shape index (κ1) is 13.5. The Bertz CT molecular complexity index is 760. The van der Waals surface area contributed by atoms with Crippen molar-refractivity contribution in [3.05, 3.63) is 36.2 Å². The summed E-state index contributed by atoms with van der Waals surface area (Å²) in [5.74, 6) is 1.27. The van der Waals surface area contributed by atoms with E-state index in [9.17, 15) is 4.79 Å². The first-order chi connectivity index (χ1) is 9.93. The lowest BCUT2D eigenvalue weighted by molar-refractivity contribution is -0.125. The normalized spacial score (nSPS) is 12.0. The molecule has 0 aliphatic carbocycles. The molecule has 3 rings (SSSR count). The fourth-order valence-electron chi connectivity index (χ4n) is 1.92. The molecule has 5 nitrogen and oxygen atoms in total. The molecule has 0 bridgehead atoms. The zero-order chi connectivity index (χ0) is 15.0. The fraction of sp³-hybridized carbons (Fsp3) is 0.312. The second kappa shape index (κ2) is 4.84. The highest BCUT2D eigenvalue weighted by Crippen LogP contribution is 2.26. The van der Waals surface area contributed by atoms with Crippen LogP contribution in [0.3, 0.4) is 0 Å². The average Bonchev–Trinajstić information content (AvgIpc) is 3.02. The predicted molar refractivity (Wildman–Crippen MR) is 77.7 cm³/mol. The van der Waals surface area contributed by atoms with E-state index in [0.29, 0.717) is 17.5 Å². The first-order valence-corrected chi connectivity index (χ1v) is 6.78. The van der Waals surface area contributed by atoms with Gasteiger partial charge in [-0.3, -0.25) is 4.79 Å². The number of fused-ring (bicyclic) bond motifs is 1. The van der Waals surface area contributed by atoms with Gasteiger partial charge in [-0.25, -0.2) is 0 Å². The van der Waals surface area contributed by atoms with Crippen molar-refractivity contribution in [3.8, 4) is 11.6 Å². The van der Waals surface area contributed by atoms with Gasteiger partial charge in [0.25, 0.3) is 0 Å². The number of aromatic nitrogens is 2. The van der Waals surface area contributed by atoms with Gasteiger partial charge in [-0.15, -0.1) is 0 Å². The number of benzene rings is 1. The van der Waals surface area contributed by atoms with Crippen LogP contribution >= 0.6 is 0 Å². The Kier molecular flexibility index (Phi) is 3.12. The standard InChI is InChI=1S/C16H16N2O3/c1-16(2,3)13(19)9-14-17-15(18-21-14)12-8-10-6-4-5-7-11(10)20-12/h4-8H,9H2,1-3H3. The van der Waals surface area contributed by atoms with E-state index in [1.165, 1.54) is 0 Å². The molecule has 108 valence electrons. The van der Waals surface area contributed by atoms with E-state index in [-0.39, 0.29) is 12.2 Å². The Morgan fingerprint density at radius 2 is 2.00 bits per heavy atom. The molecule has 0 amide bonds. The Morgan fingerprint density at radius 1 is 1.24 bits per heavy atom. The minimum Gasteiger partial charge on any atom is -0.453 e. The molecule has 0 radical (unpaired) electrons. The van der Waals surface area contributed by atoms with E-state index < -0.39 is 5.41 Å². The maximum Gasteiger partial charge on any atom is 0.238 e. The molecule has 0 saturated heterocycles. The molecule has 1 aromatic carbocycles. The Balaban J connectivity index is 1.86. The SMILES string of the molecule is CC(C)(C)C(=O)Cc1nc(-c2cc3ccccc3o2)no1. The van der Waals surface area contributed by atoms with E-state index in [0.717, 1.165) is 11.0 Å². The second-order valence-electron chi connectivity index (χ2n) is 6.01. The van der Waals surface area contributed by atoms with Gasteiger partial charge >= 0.3 is 0 Å². The lowest BCUT2D eigenvalue weighted by Crippen LogP contribution is -2.22. The highest BCUT2D eigenvalue weighted by Gasteiger charge is 2.24. The summed E-state index contributed by atoms with van der Waals surface area (Å²) in [7, 11) is 0. The van der Waals surface area contributed by atoms with Crippen molar-refractivity contribution in [3.63, 3.8) is 0 Å². The number of Topliss-reactive ketones (excluding diaryl/α,β-unsaturated/α-hetero) is 1. The van der Waals surface area contributed by atoms with Crippen molar-refractivity contribution < 1.29 is 13.7 Å². The van der Waals surface area contributed by atoms with Crippen molar-refractivity contribution in [1.29, 1.82) is 0 Å². The van der Waals surface area contributed by atoms with Gasteiger partial charge in [-0.2, -0.15) is 4.98 Å². The maximum atomic E-state index is 12.0. The molecule has 0 atom stereocenters. The summed E-state index contributed by atoms with van der Waals surface area (Å²) in [6.45, 7) is 5.60. The van der Waals surface area contributed by atoms with E-state index >= 15 is 0 Å². The van der Waals surface area contributed by atoms with E-state index in [4.69, 9.17) is 8.94 Å². The molecule has 0 aliphatic rings. The zero-order valence-corrected chi connectivity index (χ0v) is 12.2. The van der Waals surface area contributed by atoms with E-state index in [1.54, 1.807) is 0 Å². The molecule has 21 heavy (non-hydrogen) atoms. The van der Waals surface area contributed by atoms with Gasteiger partial charge in [-0.1, -0.05) is 44.1 Å². The Labute approximate surface area is 122 Å². The third kappa shape index (κ3) is 2.72. The fourth-order valence-corrected chi connectivity index (χ4v) is 1.92. The summed E-state index contributed by atoms with van der Waals surface area (Å²) in [5, 5.41) is 4.86. The van der Waals surface area contributed by atoms with Gasteiger partial charge in [0.1, 0.15) is 11.4 Å². The largest absolute Gasteiger partial charge is 0.453 e. The number of carbonyl (C=O) groups excluding carboxylic acids is 1. The molecular weight excluding hydrogens is 268 g/mol. The number of furan rings is 1. The molecule has 0 unspecified atom stereocenters. The van der Waals surface area contributed by atoms with Gasteiger partial charge < -0.3 is 8.94 Å².